The molecule has 3 heterocycles. The van der Waals surface area contributed by atoms with E-state index in [1.807, 2.05) is 6.07 Å². The molecule has 1 aromatic heterocycles. The molecule has 0 radical (unpaired) electrons. The van der Waals surface area contributed by atoms with E-state index in [1.165, 1.54) is 27.5 Å². The number of fused-ring (bicyclic) bond motifs is 2. The molecule has 3 aromatic rings. The predicted octanol–water partition coefficient (Wildman–Crippen LogP) is 0.202. The summed E-state index contributed by atoms with van der Waals surface area (Å²) >= 11 is 0. The average molecular weight is 397 g/mol. The molecule has 0 bridgehead atoms. The Morgan fingerprint density at radius 1 is 1.00 bits per heavy atom. The minimum atomic E-state index is -0.320. The van der Waals surface area contributed by atoms with Crippen molar-refractivity contribution in [3.05, 3.63) is 59.5 Å². The van der Waals surface area contributed by atoms with Gasteiger partial charge < -0.3 is 24.3 Å². The van der Waals surface area contributed by atoms with Gasteiger partial charge in [0.15, 0.2) is 11.5 Å². The van der Waals surface area contributed by atoms with Gasteiger partial charge in [0.1, 0.15) is 45.1 Å². The quantitative estimate of drug-likeness (QED) is 0.540. The van der Waals surface area contributed by atoms with Crippen molar-refractivity contribution >= 4 is 16.7 Å². The Bertz CT molecular complexity index is 1060. The number of halogens is 1. The highest BCUT2D eigenvalue weighted by molar-refractivity contribution is 6.08. The van der Waals surface area contributed by atoms with Gasteiger partial charge in [0.2, 0.25) is 12.6 Å². The molecule has 150 valence electrons. The largest absolute Gasteiger partial charge is 0.454 e. The molecule has 0 amide bonds. The van der Waals surface area contributed by atoms with E-state index < -0.39 is 0 Å². The number of H-pyrrole nitrogens is 1. The molecule has 2 aliphatic heterocycles. The zero-order valence-corrected chi connectivity index (χ0v) is 16.1. The van der Waals surface area contributed by atoms with Crippen molar-refractivity contribution in [2.24, 2.45) is 0 Å². The van der Waals surface area contributed by atoms with E-state index in [4.69, 9.17) is 9.47 Å². The summed E-state index contributed by atoms with van der Waals surface area (Å²) in [4.78, 5) is 18.6. The van der Waals surface area contributed by atoms with Crippen LogP contribution >= 0.6 is 0 Å². The summed E-state index contributed by atoms with van der Waals surface area (Å²) in [5.41, 5.74) is 2.62. The molecule has 2 aromatic carbocycles. The lowest BCUT2D eigenvalue weighted by atomic mass is 10.1. The number of hydrogen-bond acceptors (Lipinski definition) is 3. The van der Waals surface area contributed by atoms with Crippen molar-refractivity contribution in [2.75, 3.05) is 39.5 Å². The van der Waals surface area contributed by atoms with Crippen LogP contribution in [0.1, 0.15) is 15.9 Å². The van der Waals surface area contributed by atoms with Gasteiger partial charge in [-0.3, -0.25) is 4.79 Å². The van der Waals surface area contributed by atoms with Crippen molar-refractivity contribution in [3.63, 3.8) is 0 Å². The molecule has 6 nitrogen and oxygen atoms in total. The fourth-order valence-electron chi connectivity index (χ4n) is 4.30. The molecule has 1 saturated heterocycles. The Balaban J connectivity index is 1.17. The monoisotopic (exact) mass is 397 g/mol. The minimum absolute atomic E-state index is 0.0658. The van der Waals surface area contributed by atoms with E-state index in [1.54, 1.807) is 12.3 Å². The molecule has 3 N–H and O–H groups in total. The fourth-order valence-corrected chi connectivity index (χ4v) is 4.30. The number of ether oxygens (including phenoxy) is 2. The highest BCUT2D eigenvalue weighted by atomic mass is 19.1. The van der Waals surface area contributed by atoms with Gasteiger partial charge in [-0.15, -0.1) is 0 Å². The third-order valence-corrected chi connectivity index (χ3v) is 5.91. The molecule has 29 heavy (non-hydrogen) atoms. The second-order valence-electron chi connectivity index (χ2n) is 7.86. The Morgan fingerprint density at radius 2 is 1.79 bits per heavy atom. The van der Waals surface area contributed by atoms with Crippen molar-refractivity contribution < 1.29 is 28.5 Å². The third-order valence-electron chi connectivity index (χ3n) is 5.91. The summed E-state index contributed by atoms with van der Waals surface area (Å²) in [6.45, 7) is 5.61. The van der Waals surface area contributed by atoms with Crippen LogP contribution in [-0.2, 0) is 6.54 Å². The molecule has 0 unspecified atom stereocenters. The van der Waals surface area contributed by atoms with Gasteiger partial charge in [0.25, 0.3) is 0 Å². The van der Waals surface area contributed by atoms with Gasteiger partial charge in [-0.2, -0.15) is 0 Å². The first kappa shape index (κ1) is 18.1. The topological polar surface area (TPSA) is 60.2 Å². The predicted molar refractivity (Wildman–Crippen MR) is 105 cm³/mol. The number of nitrogens with one attached hydrogen (secondary N) is 3. The molecule has 7 heteroatoms. The number of Topliss-reactive ketones (excluding diaryl/α,β-unsaturated/α-hetero) is 1. The molecule has 0 spiro atoms. The summed E-state index contributed by atoms with van der Waals surface area (Å²) in [5.74, 6) is 1.39. The Kier molecular flexibility index (Phi) is 4.69. The van der Waals surface area contributed by atoms with Gasteiger partial charge in [-0.05, 0) is 36.4 Å². The lowest BCUT2D eigenvalue weighted by Gasteiger charge is -2.29. The zero-order chi connectivity index (χ0) is 19.8. The number of carbonyl (C=O) groups is 1. The van der Waals surface area contributed by atoms with E-state index in [2.05, 4.69) is 17.1 Å². The van der Waals surface area contributed by atoms with Crippen LogP contribution in [0, 0.1) is 5.82 Å². The number of aromatic amines is 1. The summed E-state index contributed by atoms with van der Waals surface area (Å²) in [6.07, 6.45) is 1.70. The Morgan fingerprint density at radius 3 is 2.66 bits per heavy atom. The van der Waals surface area contributed by atoms with Crippen LogP contribution in [0.15, 0.2) is 42.6 Å². The molecule has 1 fully saturated rings. The summed E-state index contributed by atoms with van der Waals surface area (Å²) in [5, 5.41) is 0.668. The number of hydrogen-bond donors (Lipinski definition) is 3. The number of carbonyl (C=O) groups excluding carboxylic acids is 1. The molecule has 0 saturated carbocycles. The maximum Gasteiger partial charge on any atom is 0.231 e. The van der Waals surface area contributed by atoms with Crippen LogP contribution < -0.4 is 19.3 Å². The average Bonchev–Trinajstić information content (AvgIpc) is 3.35. The molecule has 0 aliphatic carbocycles. The number of benzene rings is 2. The maximum absolute atomic E-state index is 13.6. The molecule has 5 rings (SSSR count). The first-order chi connectivity index (χ1) is 14.2. The van der Waals surface area contributed by atoms with Crippen molar-refractivity contribution in [1.29, 1.82) is 0 Å². The molecular weight excluding hydrogens is 373 g/mol. The smallest absolute Gasteiger partial charge is 0.231 e. The van der Waals surface area contributed by atoms with E-state index in [0.717, 1.165) is 49.7 Å². The van der Waals surface area contributed by atoms with E-state index in [9.17, 15) is 9.18 Å². The van der Waals surface area contributed by atoms with Crippen LogP contribution in [-0.4, -0.2) is 50.3 Å². The van der Waals surface area contributed by atoms with Gasteiger partial charge in [0, 0.05) is 28.2 Å². The first-order valence-electron chi connectivity index (χ1n) is 10.0. The SMILES string of the molecule is O=C(C[NH+]1CC[NH+](Cc2ccc3c(c2)OCO3)CC1)c1c[nH]c2ccc(F)cc12. The number of aromatic nitrogens is 1. The highest BCUT2D eigenvalue weighted by Gasteiger charge is 2.26. The number of piperazine rings is 1. The highest BCUT2D eigenvalue weighted by Crippen LogP contribution is 2.32. The lowest BCUT2D eigenvalue weighted by molar-refractivity contribution is -1.01. The first-order valence-corrected chi connectivity index (χ1v) is 10.0. The van der Waals surface area contributed by atoms with Gasteiger partial charge >= 0.3 is 0 Å². The number of rotatable bonds is 5. The Hall–Kier alpha value is -2.90. The van der Waals surface area contributed by atoms with Crippen molar-refractivity contribution in [1.82, 2.24) is 4.98 Å². The second kappa shape index (κ2) is 7.50. The summed E-state index contributed by atoms with van der Waals surface area (Å²) in [6, 6.07) is 10.6. The molecule has 2 aliphatic rings. The number of quaternary nitrogens is 2. The van der Waals surface area contributed by atoms with E-state index >= 15 is 0 Å². The number of ketones is 1. The van der Waals surface area contributed by atoms with Crippen molar-refractivity contribution in [2.45, 2.75) is 6.54 Å². The maximum atomic E-state index is 13.6. The fraction of sp³-hybridized carbons (Fsp3) is 0.318. The second-order valence-corrected chi connectivity index (χ2v) is 7.86. The minimum Gasteiger partial charge on any atom is -0.454 e. The van der Waals surface area contributed by atoms with E-state index in [-0.39, 0.29) is 11.6 Å². The lowest BCUT2D eigenvalue weighted by Crippen LogP contribution is -3.27. The van der Waals surface area contributed by atoms with Gasteiger partial charge in [-0.1, -0.05) is 0 Å². The van der Waals surface area contributed by atoms with Gasteiger partial charge in [-0.25, -0.2) is 4.39 Å². The van der Waals surface area contributed by atoms with Crippen LogP contribution in [0.5, 0.6) is 11.5 Å². The Labute approximate surface area is 167 Å². The van der Waals surface area contributed by atoms with E-state index in [0.29, 0.717) is 24.3 Å². The summed E-state index contributed by atoms with van der Waals surface area (Å²) in [7, 11) is 0. The third kappa shape index (κ3) is 3.71. The van der Waals surface area contributed by atoms with Crippen LogP contribution in [0.25, 0.3) is 10.9 Å². The standard InChI is InChI=1S/C22H22FN3O3/c23-16-2-3-19-17(10-16)18(11-24-19)20(27)13-26-7-5-25(6-8-26)12-15-1-4-21-22(9-15)29-14-28-21/h1-4,9-11,24H,5-8,12-14H2/p+2. The van der Waals surface area contributed by atoms with Crippen molar-refractivity contribution in [3.8, 4) is 11.5 Å². The van der Waals surface area contributed by atoms with Crippen LogP contribution in [0.4, 0.5) is 4.39 Å². The van der Waals surface area contributed by atoms with Crippen LogP contribution in [0.3, 0.4) is 0 Å². The van der Waals surface area contributed by atoms with Crippen LogP contribution in [0.2, 0.25) is 0 Å². The normalized spacial score (nSPS) is 20.9. The summed E-state index contributed by atoms with van der Waals surface area (Å²) < 4.78 is 24.4. The molecule has 0 atom stereocenters. The van der Waals surface area contributed by atoms with Gasteiger partial charge in [0.05, 0.1) is 0 Å². The molecular formula is C22H24FN3O3+2. The zero-order valence-electron chi connectivity index (χ0n) is 16.1.